The SMILES string of the molecule is CC1CCCC(NC2CCCCC2CO)C1. The maximum Gasteiger partial charge on any atom is 0.0474 e. The van der Waals surface area contributed by atoms with Crippen molar-refractivity contribution in [1.82, 2.24) is 5.32 Å². The van der Waals surface area contributed by atoms with Gasteiger partial charge in [0.1, 0.15) is 0 Å². The zero-order valence-corrected chi connectivity index (χ0v) is 10.6. The first-order chi connectivity index (χ1) is 7.79. The lowest BCUT2D eigenvalue weighted by Gasteiger charge is -2.37. The molecule has 0 aromatic carbocycles. The Morgan fingerprint density at radius 2 is 1.88 bits per heavy atom. The Morgan fingerprint density at radius 3 is 2.62 bits per heavy atom. The van der Waals surface area contributed by atoms with E-state index in [1.807, 2.05) is 0 Å². The van der Waals surface area contributed by atoms with Gasteiger partial charge >= 0.3 is 0 Å². The van der Waals surface area contributed by atoms with E-state index in [2.05, 4.69) is 12.2 Å². The van der Waals surface area contributed by atoms with Gasteiger partial charge < -0.3 is 10.4 Å². The average molecular weight is 225 g/mol. The Balaban J connectivity index is 1.82. The van der Waals surface area contributed by atoms with Crippen LogP contribution in [0.3, 0.4) is 0 Å². The second kappa shape index (κ2) is 6.02. The zero-order chi connectivity index (χ0) is 11.4. The standard InChI is InChI=1S/C14H27NO/c1-11-5-4-7-13(9-11)15-14-8-3-2-6-12(14)10-16/h11-16H,2-10H2,1H3. The van der Waals surface area contributed by atoms with Crippen LogP contribution >= 0.6 is 0 Å². The maximum atomic E-state index is 9.40. The molecule has 4 atom stereocenters. The van der Waals surface area contributed by atoms with Crippen molar-refractivity contribution in [2.24, 2.45) is 11.8 Å². The van der Waals surface area contributed by atoms with Crippen molar-refractivity contribution in [3.8, 4) is 0 Å². The fraction of sp³-hybridized carbons (Fsp3) is 1.00. The third-order valence-corrected chi connectivity index (χ3v) is 4.53. The summed E-state index contributed by atoms with van der Waals surface area (Å²) in [5.74, 6) is 1.41. The third-order valence-electron chi connectivity index (χ3n) is 4.53. The minimum absolute atomic E-state index is 0.375. The molecule has 2 rings (SSSR count). The van der Waals surface area contributed by atoms with E-state index in [1.165, 1.54) is 51.4 Å². The predicted molar refractivity (Wildman–Crippen MR) is 67.4 cm³/mol. The normalized spacial score (nSPS) is 40.9. The van der Waals surface area contributed by atoms with E-state index in [0.717, 1.165) is 12.0 Å². The number of rotatable bonds is 3. The first-order valence-electron chi connectivity index (χ1n) is 7.16. The molecule has 0 amide bonds. The molecule has 0 spiro atoms. The monoisotopic (exact) mass is 225 g/mol. The summed E-state index contributed by atoms with van der Waals surface area (Å²) in [5, 5.41) is 13.2. The summed E-state index contributed by atoms with van der Waals surface area (Å²) >= 11 is 0. The molecule has 0 aromatic rings. The molecule has 2 nitrogen and oxygen atoms in total. The van der Waals surface area contributed by atoms with Gasteiger partial charge in [0.25, 0.3) is 0 Å². The summed E-state index contributed by atoms with van der Waals surface area (Å²) in [6.07, 6.45) is 10.6. The molecule has 2 fully saturated rings. The van der Waals surface area contributed by atoms with Crippen LogP contribution in [0.2, 0.25) is 0 Å². The molecule has 0 aliphatic heterocycles. The van der Waals surface area contributed by atoms with Gasteiger partial charge in [0.2, 0.25) is 0 Å². The van der Waals surface area contributed by atoms with E-state index >= 15 is 0 Å². The van der Waals surface area contributed by atoms with Crippen LogP contribution < -0.4 is 5.32 Å². The Morgan fingerprint density at radius 1 is 1.06 bits per heavy atom. The highest BCUT2D eigenvalue weighted by Crippen LogP contribution is 2.28. The number of aliphatic hydroxyl groups is 1. The second-order valence-electron chi connectivity index (χ2n) is 5.97. The molecule has 0 aromatic heterocycles. The van der Waals surface area contributed by atoms with E-state index in [-0.39, 0.29) is 0 Å². The molecule has 94 valence electrons. The van der Waals surface area contributed by atoms with Crippen molar-refractivity contribution in [1.29, 1.82) is 0 Å². The van der Waals surface area contributed by atoms with Crippen molar-refractivity contribution in [3.63, 3.8) is 0 Å². The number of hydrogen-bond donors (Lipinski definition) is 2. The highest BCUT2D eigenvalue weighted by molar-refractivity contribution is 4.85. The molecule has 2 saturated carbocycles. The zero-order valence-electron chi connectivity index (χ0n) is 10.6. The van der Waals surface area contributed by atoms with Gasteiger partial charge in [0, 0.05) is 18.7 Å². The van der Waals surface area contributed by atoms with Crippen molar-refractivity contribution >= 4 is 0 Å². The van der Waals surface area contributed by atoms with Gasteiger partial charge in [-0.05, 0) is 37.5 Å². The Hall–Kier alpha value is -0.0800. The molecule has 2 heteroatoms. The molecule has 2 aliphatic rings. The first kappa shape index (κ1) is 12.4. The summed E-state index contributed by atoms with van der Waals surface area (Å²) in [4.78, 5) is 0. The van der Waals surface area contributed by atoms with Crippen LogP contribution in [0.5, 0.6) is 0 Å². The van der Waals surface area contributed by atoms with Crippen LogP contribution in [0.15, 0.2) is 0 Å². The van der Waals surface area contributed by atoms with E-state index < -0.39 is 0 Å². The predicted octanol–water partition coefficient (Wildman–Crippen LogP) is 2.71. The molecular formula is C14H27NO. The molecule has 2 N–H and O–H groups in total. The quantitative estimate of drug-likeness (QED) is 0.774. The summed E-state index contributed by atoms with van der Waals surface area (Å²) in [6, 6.07) is 1.31. The van der Waals surface area contributed by atoms with E-state index in [1.54, 1.807) is 0 Å². The van der Waals surface area contributed by atoms with Crippen LogP contribution in [0.4, 0.5) is 0 Å². The fourth-order valence-electron chi connectivity index (χ4n) is 3.53. The van der Waals surface area contributed by atoms with Gasteiger partial charge in [0.05, 0.1) is 0 Å². The Labute approximate surface area is 99.8 Å². The highest BCUT2D eigenvalue weighted by atomic mass is 16.3. The minimum atomic E-state index is 0.375. The van der Waals surface area contributed by atoms with Crippen LogP contribution in [0, 0.1) is 11.8 Å². The first-order valence-corrected chi connectivity index (χ1v) is 7.16. The maximum absolute atomic E-state index is 9.40. The van der Waals surface area contributed by atoms with Gasteiger partial charge in [-0.1, -0.05) is 32.6 Å². The number of aliphatic hydroxyl groups excluding tert-OH is 1. The van der Waals surface area contributed by atoms with Crippen LogP contribution in [-0.4, -0.2) is 23.8 Å². The topological polar surface area (TPSA) is 32.3 Å². The fourth-order valence-corrected chi connectivity index (χ4v) is 3.53. The van der Waals surface area contributed by atoms with Crippen LogP contribution in [0.1, 0.15) is 58.3 Å². The van der Waals surface area contributed by atoms with Crippen molar-refractivity contribution in [3.05, 3.63) is 0 Å². The van der Waals surface area contributed by atoms with Gasteiger partial charge in [-0.15, -0.1) is 0 Å². The molecule has 0 radical (unpaired) electrons. The molecule has 0 bridgehead atoms. The lowest BCUT2D eigenvalue weighted by atomic mass is 9.82. The third kappa shape index (κ3) is 3.21. The van der Waals surface area contributed by atoms with E-state index in [4.69, 9.17) is 0 Å². The molecule has 0 saturated heterocycles. The van der Waals surface area contributed by atoms with Gasteiger partial charge in [-0.25, -0.2) is 0 Å². The molecule has 0 heterocycles. The van der Waals surface area contributed by atoms with Crippen molar-refractivity contribution < 1.29 is 5.11 Å². The van der Waals surface area contributed by atoms with Crippen LogP contribution in [0.25, 0.3) is 0 Å². The van der Waals surface area contributed by atoms with E-state index in [9.17, 15) is 5.11 Å². The molecular weight excluding hydrogens is 198 g/mol. The smallest absolute Gasteiger partial charge is 0.0474 e. The summed E-state index contributed by atoms with van der Waals surface area (Å²) in [5.41, 5.74) is 0. The summed E-state index contributed by atoms with van der Waals surface area (Å²) in [6.45, 7) is 2.75. The van der Waals surface area contributed by atoms with Crippen molar-refractivity contribution in [2.45, 2.75) is 70.4 Å². The Kier molecular flexibility index (Phi) is 4.66. The van der Waals surface area contributed by atoms with Crippen molar-refractivity contribution in [2.75, 3.05) is 6.61 Å². The molecule has 2 aliphatic carbocycles. The van der Waals surface area contributed by atoms with E-state index in [0.29, 0.717) is 18.6 Å². The minimum Gasteiger partial charge on any atom is -0.396 e. The lowest BCUT2D eigenvalue weighted by Crippen LogP contribution is -2.46. The molecule has 16 heavy (non-hydrogen) atoms. The number of hydrogen-bond acceptors (Lipinski definition) is 2. The van der Waals surface area contributed by atoms with Gasteiger partial charge in [-0.3, -0.25) is 0 Å². The van der Waals surface area contributed by atoms with Gasteiger partial charge in [0.15, 0.2) is 0 Å². The highest BCUT2D eigenvalue weighted by Gasteiger charge is 2.28. The van der Waals surface area contributed by atoms with Gasteiger partial charge in [-0.2, -0.15) is 0 Å². The number of nitrogens with one attached hydrogen (secondary N) is 1. The average Bonchev–Trinajstić information content (AvgIpc) is 2.30. The lowest BCUT2D eigenvalue weighted by molar-refractivity contribution is 0.136. The molecule has 4 unspecified atom stereocenters. The summed E-state index contributed by atoms with van der Waals surface area (Å²) < 4.78 is 0. The van der Waals surface area contributed by atoms with Crippen LogP contribution in [-0.2, 0) is 0 Å². The second-order valence-corrected chi connectivity index (χ2v) is 5.97. The largest absolute Gasteiger partial charge is 0.396 e. The summed E-state index contributed by atoms with van der Waals surface area (Å²) in [7, 11) is 0. The Bertz CT molecular complexity index is 207.